The van der Waals surface area contributed by atoms with Crippen molar-refractivity contribution in [2.24, 2.45) is 0 Å². The molecule has 1 saturated heterocycles. The minimum atomic E-state index is -0.409. The number of pyridine rings is 1. The van der Waals surface area contributed by atoms with Gasteiger partial charge in [-0.1, -0.05) is 12.1 Å². The van der Waals surface area contributed by atoms with Crippen LogP contribution in [0.15, 0.2) is 47.4 Å². The van der Waals surface area contributed by atoms with Crippen LogP contribution >= 0.6 is 0 Å². The second kappa shape index (κ2) is 8.77. The molecule has 3 heterocycles. The monoisotopic (exact) mass is 422 g/mol. The van der Waals surface area contributed by atoms with Gasteiger partial charge in [0.05, 0.1) is 31.9 Å². The maximum absolute atomic E-state index is 12.9. The Morgan fingerprint density at radius 1 is 1.23 bits per heavy atom. The fourth-order valence-electron chi connectivity index (χ4n) is 3.84. The van der Waals surface area contributed by atoms with Crippen LogP contribution in [0.3, 0.4) is 0 Å². The summed E-state index contributed by atoms with van der Waals surface area (Å²) >= 11 is 0. The Bertz CT molecular complexity index is 1170. The molecule has 31 heavy (non-hydrogen) atoms. The number of esters is 1. The van der Waals surface area contributed by atoms with Crippen LogP contribution in [0.25, 0.3) is 5.65 Å². The number of aromatic nitrogens is 2. The van der Waals surface area contributed by atoms with Crippen LogP contribution in [-0.2, 0) is 9.47 Å². The van der Waals surface area contributed by atoms with Gasteiger partial charge in [0.1, 0.15) is 11.5 Å². The molecular formula is C23H26N4O4. The second-order valence-corrected chi connectivity index (χ2v) is 7.62. The Morgan fingerprint density at radius 2 is 1.97 bits per heavy atom. The molecule has 8 nitrogen and oxygen atoms in total. The highest BCUT2D eigenvalue weighted by Gasteiger charge is 2.19. The summed E-state index contributed by atoms with van der Waals surface area (Å²) in [4.78, 5) is 31.9. The number of hydrogen-bond donors (Lipinski definition) is 1. The van der Waals surface area contributed by atoms with Gasteiger partial charge in [-0.3, -0.25) is 9.20 Å². The number of anilines is 2. The third kappa shape index (κ3) is 4.25. The van der Waals surface area contributed by atoms with Gasteiger partial charge in [-0.05, 0) is 37.6 Å². The van der Waals surface area contributed by atoms with Crippen LogP contribution in [0, 0.1) is 6.92 Å². The number of hydrogen-bond acceptors (Lipinski definition) is 7. The molecule has 1 aliphatic heterocycles. The number of aryl methyl sites for hydroxylation is 1. The lowest BCUT2D eigenvalue weighted by Gasteiger charge is -2.28. The van der Waals surface area contributed by atoms with Gasteiger partial charge in [0.25, 0.3) is 5.56 Å². The molecule has 1 N–H and O–H groups in total. The van der Waals surface area contributed by atoms with E-state index in [9.17, 15) is 9.59 Å². The SMILES string of the molecule is COC(=O)c1ccccc1N[C@H](C)c1cc(C)cn2c(=O)cc(N3CCOCC3)nc12. The molecule has 0 bridgehead atoms. The minimum Gasteiger partial charge on any atom is -0.465 e. The lowest BCUT2D eigenvalue weighted by molar-refractivity contribution is 0.0602. The van der Waals surface area contributed by atoms with E-state index in [4.69, 9.17) is 14.5 Å². The Hall–Kier alpha value is -3.39. The Morgan fingerprint density at radius 3 is 2.71 bits per heavy atom. The smallest absolute Gasteiger partial charge is 0.339 e. The van der Waals surface area contributed by atoms with Crippen molar-refractivity contribution in [3.05, 3.63) is 69.6 Å². The van der Waals surface area contributed by atoms with E-state index in [1.54, 1.807) is 28.8 Å². The van der Waals surface area contributed by atoms with Crippen molar-refractivity contribution in [3.8, 4) is 0 Å². The number of carbonyl (C=O) groups excluding carboxylic acids is 1. The number of para-hydroxylation sites is 1. The first-order valence-corrected chi connectivity index (χ1v) is 10.3. The van der Waals surface area contributed by atoms with Gasteiger partial charge in [-0.15, -0.1) is 0 Å². The van der Waals surface area contributed by atoms with Crippen LogP contribution in [0.4, 0.5) is 11.5 Å². The van der Waals surface area contributed by atoms with E-state index >= 15 is 0 Å². The minimum absolute atomic E-state index is 0.126. The first-order chi connectivity index (χ1) is 15.0. The van der Waals surface area contributed by atoms with Crippen LogP contribution in [0.1, 0.15) is 34.5 Å². The number of carbonyl (C=O) groups is 1. The molecular weight excluding hydrogens is 396 g/mol. The average Bonchev–Trinajstić information content (AvgIpc) is 2.79. The van der Waals surface area contributed by atoms with Crippen molar-refractivity contribution < 1.29 is 14.3 Å². The quantitative estimate of drug-likeness (QED) is 0.633. The second-order valence-electron chi connectivity index (χ2n) is 7.62. The van der Waals surface area contributed by atoms with Crippen molar-refractivity contribution >= 4 is 23.1 Å². The van der Waals surface area contributed by atoms with Crippen molar-refractivity contribution in [2.75, 3.05) is 43.6 Å². The predicted molar refractivity (Wildman–Crippen MR) is 119 cm³/mol. The van der Waals surface area contributed by atoms with Gasteiger partial charge in [0.15, 0.2) is 0 Å². The fourth-order valence-corrected chi connectivity index (χ4v) is 3.84. The Labute approximate surface area is 180 Å². The van der Waals surface area contributed by atoms with E-state index in [2.05, 4.69) is 10.2 Å². The van der Waals surface area contributed by atoms with Gasteiger partial charge in [0, 0.05) is 36.6 Å². The molecule has 2 aromatic heterocycles. The summed E-state index contributed by atoms with van der Waals surface area (Å²) in [5, 5.41) is 3.39. The number of fused-ring (bicyclic) bond motifs is 1. The third-order valence-electron chi connectivity index (χ3n) is 5.42. The van der Waals surface area contributed by atoms with Gasteiger partial charge < -0.3 is 19.7 Å². The molecule has 0 spiro atoms. The van der Waals surface area contributed by atoms with Crippen LogP contribution in [0.5, 0.6) is 0 Å². The van der Waals surface area contributed by atoms with Crippen LogP contribution in [-0.4, -0.2) is 48.8 Å². The summed E-state index contributed by atoms with van der Waals surface area (Å²) in [6, 6.07) is 10.6. The predicted octanol–water partition coefficient (Wildman–Crippen LogP) is 2.80. The van der Waals surface area contributed by atoms with Gasteiger partial charge in [-0.25, -0.2) is 9.78 Å². The van der Waals surface area contributed by atoms with Gasteiger partial charge >= 0.3 is 5.97 Å². The highest BCUT2D eigenvalue weighted by atomic mass is 16.5. The van der Waals surface area contributed by atoms with E-state index in [0.29, 0.717) is 49.0 Å². The topological polar surface area (TPSA) is 85.2 Å². The number of ether oxygens (including phenoxy) is 2. The van der Waals surface area contributed by atoms with Gasteiger partial charge in [0.2, 0.25) is 0 Å². The number of nitrogens with one attached hydrogen (secondary N) is 1. The largest absolute Gasteiger partial charge is 0.465 e. The molecule has 0 saturated carbocycles. The first-order valence-electron chi connectivity index (χ1n) is 10.3. The molecule has 1 fully saturated rings. The zero-order valence-electron chi connectivity index (χ0n) is 17.9. The van der Waals surface area contributed by atoms with E-state index < -0.39 is 5.97 Å². The molecule has 1 atom stereocenters. The Balaban J connectivity index is 1.77. The highest BCUT2D eigenvalue weighted by molar-refractivity contribution is 5.95. The normalized spacial score (nSPS) is 15.0. The molecule has 162 valence electrons. The number of morpholine rings is 1. The van der Waals surface area contributed by atoms with E-state index in [-0.39, 0.29) is 11.6 Å². The van der Waals surface area contributed by atoms with Crippen LogP contribution in [0.2, 0.25) is 0 Å². The average molecular weight is 422 g/mol. The summed E-state index contributed by atoms with van der Waals surface area (Å²) in [5.74, 6) is 0.244. The lowest BCUT2D eigenvalue weighted by atomic mass is 10.1. The van der Waals surface area contributed by atoms with Crippen molar-refractivity contribution in [1.29, 1.82) is 0 Å². The Kier molecular flexibility index (Phi) is 5.90. The summed E-state index contributed by atoms with van der Waals surface area (Å²) in [6.45, 7) is 6.55. The summed E-state index contributed by atoms with van der Waals surface area (Å²) in [6.07, 6.45) is 1.80. The summed E-state index contributed by atoms with van der Waals surface area (Å²) in [5.41, 5.74) is 3.39. The molecule has 0 amide bonds. The number of rotatable bonds is 5. The molecule has 0 unspecified atom stereocenters. The van der Waals surface area contributed by atoms with Crippen molar-refractivity contribution in [3.63, 3.8) is 0 Å². The van der Waals surface area contributed by atoms with E-state index in [1.807, 2.05) is 32.0 Å². The third-order valence-corrected chi connectivity index (χ3v) is 5.42. The first kappa shape index (κ1) is 20.9. The number of benzene rings is 1. The molecule has 0 aliphatic carbocycles. The van der Waals surface area contributed by atoms with Crippen LogP contribution < -0.4 is 15.8 Å². The van der Waals surface area contributed by atoms with Gasteiger partial charge in [-0.2, -0.15) is 0 Å². The standard InChI is InChI=1S/C23H26N4O4/c1-15-12-18(16(2)24-19-7-5-4-6-17(19)23(29)30-3)22-25-20(13-21(28)27(22)14-15)26-8-10-31-11-9-26/h4-7,12-14,16,24H,8-11H2,1-3H3/t16-/m1/s1. The van der Waals surface area contributed by atoms with E-state index in [0.717, 1.165) is 11.1 Å². The van der Waals surface area contributed by atoms with E-state index in [1.165, 1.54) is 7.11 Å². The maximum Gasteiger partial charge on any atom is 0.339 e. The summed E-state index contributed by atoms with van der Waals surface area (Å²) in [7, 11) is 1.36. The molecule has 0 radical (unpaired) electrons. The lowest BCUT2D eigenvalue weighted by Crippen LogP contribution is -2.37. The number of nitrogens with zero attached hydrogens (tertiary/aromatic N) is 3. The maximum atomic E-state index is 12.9. The molecule has 3 aromatic rings. The summed E-state index contributed by atoms with van der Waals surface area (Å²) < 4.78 is 11.9. The molecule has 8 heteroatoms. The highest BCUT2D eigenvalue weighted by Crippen LogP contribution is 2.26. The molecule has 1 aliphatic rings. The molecule has 4 rings (SSSR count). The molecule has 1 aromatic carbocycles. The fraction of sp³-hybridized carbons (Fsp3) is 0.348. The zero-order chi connectivity index (χ0) is 22.0. The van der Waals surface area contributed by atoms with Crippen molar-refractivity contribution in [2.45, 2.75) is 19.9 Å². The zero-order valence-corrected chi connectivity index (χ0v) is 17.9. The van der Waals surface area contributed by atoms with Crippen molar-refractivity contribution in [1.82, 2.24) is 9.38 Å². The number of methoxy groups -OCH3 is 1.